The van der Waals surface area contributed by atoms with E-state index < -0.39 is 27.3 Å². The fraction of sp³-hybridized carbons (Fsp3) is 0.0526. The number of hydrogen-bond acceptors (Lipinski definition) is 6. The Morgan fingerprint density at radius 2 is 1.77 bits per heavy atom. The Hall–Kier alpha value is -3.31. The molecule has 0 atom stereocenters. The third-order valence-electron chi connectivity index (χ3n) is 3.98. The minimum absolute atomic E-state index is 0.0213. The number of amides is 1. The van der Waals surface area contributed by atoms with E-state index in [2.05, 4.69) is 14.7 Å². The Morgan fingerprint density at radius 3 is 2.42 bits per heavy atom. The molecule has 0 aliphatic heterocycles. The van der Waals surface area contributed by atoms with Gasteiger partial charge < -0.3 is 9.29 Å². The number of nitrogens with zero attached hydrogens (tertiary/aromatic N) is 1. The summed E-state index contributed by atoms with van der Waals surface area (Å²) in [7, 11) is -5.84. The van der Waals surface area contributed by atoms with Crippen molar-refractivity contribution in [3.8, 4) is 11.5 Å². The first-order valence-corrected chi connectivity index (χ1v) is 10.1. The summed E-state index contributed by atoms with van der Waals surface area (Å²) in [6, 6.07) is 12.1. The molecule has 0 unspecified atom stereocenters. The van der Waals surface area contributed by atoms with Crippen LogP contribution in [0.2, 0.25) is 5.02 Å². The molecule has 0 fully saturated rings. The molecule has 31 heavy (non-hydrogen) atoms. The molecule has 3 aromatic rings. The number of alkyl halides is 3. The van der Waals surface area contributed by atoms with Gasteiger partial charge in [0.05, 0.1) is 11.2 Å². The lowest BCUT2D eigenvalue weighted by Crippen LogP contribution is -2.28. The summed E-state index contributed by atoms with van der Waals surface area (Å²) >= 11 is 5.75. The lowest BCUT2D eigenvalue weighted by molar-refractivity contribution is -0.0499. The van der Waals surface area contributed by atoms with Crippen molar-refractivity contribution in [1.82, 2.24) is 5.43 Å². The van der Waals surface area contributed by atoms with E-state index in [4.69, 9.17) is 11.6 Å². The van der Waals surface area contributed by atoms with E-state index in [-0.39, 0.29) is 21.7 Å². The summed E-state index contributed by atoms with van der Waals surface area (Å²) < 4.78 is 64.8. The molecule has 2 N–H and O–H groups in total. The molecule has 0 radical (unpaired) electrons. The first-order valence-electron chi connectivity index (χ1n) is 8.34. The van der Waals surface area contributed by atoms with Crippen LogP contribution in [0.3, 0.4) is 0 Å². The highest BCUT2D eigenvalue weighted by Gasteiger charge is 2.48. The molecule has 0 saturated carbocycles. The minimum atomic E-state index is -5.84. The van der Waals surface area contributed by atoms with Gasteiger partial charge in [-0.05, 0) is 35.7 Å². The SMILES string of the molecule is O=C(N/N=C/c1ccc(OS(=O)(=O)C(F)(F)F)c2ccccc12)c1ccc(O)c(Cl)c1. The van der Waals surface area contributed by atoms with Crippen LogP contribution in [-0.4, -0.2) is 31.2 Å². The van der Waals surface area contributed by atoms with Gasteiger partial charge in [0.2, 0.25) is 0 Å². The van der Waals surface area contributed by atoms with Gasteiger partial charge in [0.25, 0.3) is 5.91 Å². The Bertz CT molecular complexity index is 1290. The molecule has 0 bridgehead atoms. The smallest absolute Gasteiger partial charge is 0.506 e. The zero-order chi connectivity index (χ0) is 22.8. The summed E-state index contributed by atoms with van der Waals surface area (Å²) in [5, 5.41) is 13.6. The van der Waals surface area contributed by atoms with Crippen LogP contribution in [-0.2, 0) is 10.1 Å². The number of phenols is 1. The van der Waals surface area contributed by atoms with Gasteiger partial charge >= 0.3 is 15.6 Å². The number of carbonyl (C=O) groups is 1. The normalized spacial score (nSPS) is 12.3. The van der Waals surface area contributed by atoms with Gasteiger partial charge in [-0.25, -0.2) is 5.43 Å². The van der Waals surface area contributed by atoms with E-state index in [1.54, 1.807) is 6.07 Å². The van der Waals surface area contributed by atoms with E-state index in [0.29, 0.717) is 10.9 Å². The summed E-state index contributed by atoms with van der Waals surface area (Å²) in [5.41, 5.74) is -2.83. The molecule has 0 saturated heterocycles. The van der Waals surface area contributed by atoms with E-state index in [1.807, 2.05) is 0 Å². The number of carbonyl (C=O) groups excluding carboxylic acids is 1. The van der Waals surface area contributed by atoms with Crippen LogP contribution in [0.5, 0.6) is 11.5 Å². The van der Waals surface area contributed by atoms with Crippen LogP contribution >= 0.6 is 11.6 Å². The van der Waals surface area contributed by atoms with E-state index in [9.17, 15) is 31.5 Å². The molecule has 0 heterocycles. The van der Waals surface area contributed by atoms with E-state index in [1.165, 1.54) is 48.7 Å². The minimum Gasteiger partial charge on any atom is -0.506 e. The number of hydrogen-bond donors (Lipinski definition) is 2. The fourth-order valence-electron chi connectivity index (χ4n) is 2.52. The quantitative estimate of drug-likeness (QED) is 0.251. The van der Waals surface area contributed by atoms with Gasteiger partial charge in [0.1, 0.15) is 5.75 Å². The predicted octanol–water partition coefficient (Wildman–Crippen LogP) is 4.19. The second-order valence-corrected chi connectivity index (χ2v) is 7.99. The highest BCUT2D eigenvalue weighted by molar-refractivity contribution is 7.88. The highest BCUT2D eigenvalue weighted by atomic mass is 35.5. The van der Waals surface area contributed by atoms with Crippen molar-refractivity contribution in [1.29, 1.82) is 0 Å². The number of nitrogens with one attached hydrogen (secondary N) is 1. The Labute approximate surface area is 178 Å². The van der Waals surface area contributed by atoms with Gasteiger partial charge in [-0.1, -0.05) is 35.9 Å². The average Bonchev–Trinajstić information content (AvgIpc) is 2.70. The fourth-order valence-corrected chi connectivity index (χ4v) is 3.18. The van der Waals surface area contributed by atoms with Gasteiger partial charge in [-0.2, -0.15) is 26.7 Å². The van der Waals surface area contributed by atoms with Crippen LogP contribution in [0.15, 0.2) is 59.7 Å². The Morgan fingerprint density at radius 1 is 1.10 bits per heavy atom. The molecule has 12 heteroatoms. The summed E-state index contributed by atoms with van der Waals surface area (Å²) in [5.74, 6) is -1.32. The third kappa shape index (κ3) is 4.89. The van der Waals surface area contributed by atoms with E-state index >= 15 is 0 Å². The number of halogens is 4. The third-order valence-corrected chi connectivity index (χ3v) is 5.25. The van der Waals surface area contributed by atoms with Crippen molar-refractivity contribution >= 4 is 44.6 Å². The van der Waals surface area contributed by atoms with Crippen LogP contribution in [0.4, 0.5) is 13.2 Å². The molecular weight excluding hydrogens is 461 g/mol. The van der Waals surface area contributed by atoms with Gasteiger partial charge in [-0.15, -0.1) is 0 Å². The van der Waals surface area contributed by atoms with Gasteiger partial charge in [-0.3, -0.25) is 4.79 Å². The Balaban J connectivity index is 1.87. The lowest BCUT2D eigenvalue weighted by atomic mass is 10.0. The summed E-state index contributed by atoms with van der Waals surface area (Å²) in [4.78, 5) is 12.1. The van der Waals surface area contributed by atoms with Crippen molar-refractivity contribution < 1.29 is 35.7 Å². The molecule has 7 nitrogen and oxygen atoms in total. The molecule has 0 aromatic heterocycles. The van der Waals surface area contributed by atoms with Gasteiger partial charge in [0, 0.05) is 16.5 Å². The van der Waals surface area contributed by atoms with Crippen molar-refractivity contribution in [2.24, 2.45) is 5.10 Å². The molecule has 3 rings (SSSR count). The zero-order valence-electron chi connectivity index (χ0n) is 15.2. The van der Waals surface area contributed by atoms with Crippen molar-refractivity contribution in [2.75, 3.05) is 0 Å². The predicted molar refractivity (Wildman–Crippen MR) is 108 cm³/mol. The average molecular weight is 473 g/mol. The van der Waals surface area contributed by atoms with Crippen LogP contribution in [0, 0.1) is 0 Å². The van der Waals surface area contributed by atoms with Crippen LogP contribution in [0.1, 0.15) is 15.9 Å². The lowest BCUT2D eigenvalue weighted by Gasteiger charge is -2.12. The first kappa shape index (κ1) is 22.4. The van der Waals surface area contributed by atoms with Crippen LogP contribution < -0.4 is 9.61 Å². The second-order valence-electron chi connectivity index (χ2n) is 6.05. The first-order chi connectivity index (χ1) is 14.5. The maximum absolute atomic E-state index is 12.6. The van der Waals surface area contributed by atoms with Crippen molar-refractivity contribution in [3.63, 3.8) is 0 Å². The van der Waals surface area contributed by atoms with Crippen molar-refractivity contribution in [2.45, 2.75) is 5.51 Å². The molecule has 0 aliphatic rings. The van der Waals surface area contributed by atoms with Crippen LogP contribution in [0.25, 0.3) is 10.8 Å². The maximum Gasteiger partial charge on any atom is 0.534 e. The number of rotatable bonds is 5. The Kier molecular flexibility index (Phi) is 6.09. The largest absolute Gasteiger partial charge is 0.534 e. The molecular formula is C19H12ClF3N2O5S. The number of aromatic hydroxyl groups is 1. The second kappa shape index (κ2) is 8.44. The zero-order valence-corrected chi connectivity index (χ0v) is 16.8. The van der Waals surface area contributed by atoms with Crippen molar-refractivity contribution in [3.05, 3.63) is 70.7 Å². The number of phenolic OH excluding ortho intramolecular Hbond substituents is 1. The van der Waals surface area contributed by atoms with E-state index in [0.717, 1.165) is 6.07 Å². The molecule has 0 aliphatic carbocycles. The number of hydrazone groups is 1. The molecule has 3 aromatic carbocycles. The summed E-state index contributed by atoms with van der Waals surface area (Å²) in [6.45, 7) is 0. The molecule has 0 spiro atoms. The summed E-state index contributed by atoms with van der Waals surface area (Å²) in [6.07, 6.45) is 1.23. The highest BCUT2D eigenvalue weighted by Crippen LogP contribution is 2.33. The maximum atomic E-state index is 12.6. The topological polar surface area (TPSA) is 105 Å². The standard InChI is InChI=1S/C19H12ClF3N2O5S/c20-15-9-11(5-7-16(15)26)18(27)25-24-10-12-6-8-17(14-4-2-1-3-13(12)14)30-31(28,29)19(21,22)23/h1-10,26H,(H,25,27)/b24-10+. The van der Waals surface area contributed by atoms with Gasteiger partial charge in [0.15, 0.2) is 5.75 Å². The molecule has 162 valence electrons. The monoisotopic (exact) mass is 472 g/mol. The molecule has 1 amide bonds. The number of fused-ring (bicyclic) bond motifs is 1. The number of benzene rings is 3.